The third kappa shape index (κ3) is 4.82. The van der Waals surface area contributed by atoms with Gasteiger partial charge in [0.25, 0.3) is 0 Å². The van der Waals surface area contributed by atoms with E-state index in [1.165, 1.54) is 0 Å². The number of aromatic nitrogens is 6. The van der Waals surface area contributed by atoms with Gasteiger partial charge in [-0.05, 0) is 52.8 Å². The molecule has 0 bridgehead atoms. The molecule has 0 saturated carbocycles. The number of benzene rings is 2. The zero-order valence-electron chi connectivity index (χ0n) is 19.9. The van der Waals surface area contributed by atoms with Crippen molar-refractivity contribution < 1.29 is 0 Å². The van der Waals surface area contributed by atoms with E-state index in [0.29, 0.717) is 18.3 Å². The minimum Gasteiger partial charge on any atom is -0.296 e. The molecule has 2 aromatic carbocycles. The van der Waals surface area contributed by atoms with E-state index in [4.69, 9.17) is 0 Å². The van der Waals surface area contributed by atoms with Crippen LogP contribution < -0.4 is 5.69 Å². The summed E-state index contributed by atoms with van der Waals surface area (Å²) < 4.78 is 3.92. The fraction of sp³-hybridized carbons (Fsp3) is 0.385. The Kier molecular flexibility index (Phi) is 6.87. The van der Waals surface area contributed by atoms with Crippen LogP contribution in [0.3, 0.4) is 0 Å². The molecule has 0 fully saturated rings. The van der Waals surface area contributed by atoms with Gasteiger partial charge in [0.05, 0.1) is 6.54 Å². The van der Waals surface area contributed by atoms with Crippen LogP contribution in [-0.2, 0) is 19.5 Å². The third-order valence-electron chi connectivity index (χ3n) is 6.16. The number of H-pyrrole nitrogens is 1. The molecule has 2 aromatic heterocycles. The monoisotopic (exact) mass is 444 g/mol. The lowest BCUT2D eigenvalue weighted by Crippen LogP contribution is -2.26. The molecule has 7 heteroatoms. The smallest absolute Gasteiger partial charge is 0.296 e. The number of imidazole rings is 1. The molecule has 0 spiro atoms. The Morgan fingerprint density at radius 3 is 2.36 bits per heavy atom. The highest BCUT2D eigenvalue weighted by Gasteiger charge is 2.17. The quantitative estimate of drug-likeness (QED) is 0.400. The molecule has 172 valence electrons. The van der Waals surface area contributed by atoms with Crippen LogP contribution >= 0.6 is 0 Å². The molecule has 0 aliphatic rings. The van der Waals surface area contributed by atoms with Crippen molar-refractivity contribution in [2.75, 3.05) is 0 Å². The van der Waals surface area contributed by atoms with Crippen LogP contribution in [-0.4, -0.2) is 29.8 Å². The van der Waals surface area contributed by atoms with Crippen molar-refractivity contribution in [2.24, 2.45) is 5.92 Å². The van der Waals surface area contributed by atoms with Gasteiger partial charge in [-0.2, -0.15) is 0 Å². The maximum atomic E-state index is 13.3. The highest BCUT2D eigenvalue weighted by molar-refractivity contribution is 5.80. The molecular weight excluding hydrogens is 412 g/mol. The van der Waals surface area contributed by atoms with Crippen molar-refractivity contribution in [3.8, 4) is 22.5 Å². The van der Waals surface area contributed by atoms with Crippen LogP contribution in [0.25, 0.3) is 22.5 Å². The van der Waals surface area contributed by atoms with Crippen LogP contribution in [0.2, 0.25) is 0 Å². The third-order valence-corrected chi connectivity index (χ3v) is 6.16. The normalized spacial score (nSPS) is 11.4. The Labute approximate surface area is 194 Å². The van der Waals surface area contributed by atoms with Crippen molar-refractivity contribution in [3.63, 3.8) is 0 Å². The van der Waals surface area contributed by atoms with E-state index in [0.717, 1.165) is 59.4 Å². The number of nitrogens with one attached hydrogen (secondary N) is 1. The van der Waals surface area contributed by atoms with E-state index in [-0.39, 0.29) is 5.69 Å². The number of nitrogens with zero attached hydrogens (tertiary/aromatic N) is 5. The minimum absolute atomic E-state index is 0.101. The van der Waals surface area contributed by atoms with Gasteiger partial charge in [0.1, 0.15) is 0 Å². The fourth-order valence-corrected chi connectivity index (χ4v) is 4.31. The van der Waals surface area contributed by atoms with Gasteiger partial charge in [0.15, 0.2) is 5.82 Å². The summed E-state index contributed by atoms with van der Waals surface area (Å²) in [5.74, 6) is 1.21. The molecule has 2 heterocycles. The maximum absolute atomic E-state index is 13.3. The predicted octanol–water partition coefficient (Wildman–Crippen LogP) is 4.85. The average molecular weight is 445 g/mol. The molecule has 0 atom stereocenters. The number of hydrogen-bond donors (Lipinski definition) is 1. The lowest BCUT2D eigenvalue weighted by molar-refractivity contribution is 0.498. The number of rotatable bonds is 9. The molecule has 0 aliphatic heterocycles. The van der Waals surface area contributed by atoms with Gasteiger partial charge >= 0.3 is 5.69 Å². The SMILES string of the molecule is CCCc1c(C)n(CCC(C)C)c(=O)n1Cc1ccc(-c2ccccc2-c2nnn[nH]2)cc1. The number of aromatic amines is 1. The van der Waals surface area contributed by atoms with Crippen LogP contribution in [0, 0.1) is 12.8 Å². The molecular formula is C26H32N6O. The molecule has 4 aromatic rings. The van der Waals surface area contributed by atoms with Crippen molar-refractivity contribution in [3.05, 3.63) is 76.0 Å². The van der Waals surface area contributed by atoms with E-state index in [9.17, 15) is 4.79 Å². The Bertz CT molecular complexity index is 1250. The maximum Gasteiger partial charge on any atom is 0.328 e. The Morgan fingerprint density at radius 1 is 1.00 bits per heavy atom. The molecule has 0 unspecified atom stereocenters. The molecule has 0 radical (unpaired) electrons. The summed E-state index contributed by atoms with van der Waals surface area (Å²) in [5, 5.41) is 14.3. The standard InChI is InChI=1S/C26H32N6O/c1-5-8-24-19(4)31(16-15-18(2)3)26(33)32(24)17-20-11-13-21(14-12-20)22-9-6-7-10-23(22)25-27-29-30-28-25/h6-7,9-14,18H,5,8,15-17H2,1-4H3,(H,27,28,29,30). The summed E-state index contributed by atoms with van der Waals surface area (Å²) in [6, 6.07) is 16.5. The summed E-state index contributed by atoms with van der Waals surface area (Å²) in [4.78, 5) is 13.3. The molecule has 7 nitrogen and oxygen atoms in total. The van der Waals surface area contributed by atoms with Crippen LogP contribution in [0.1, 0.15) is 50.6 Å². The minimum atomic E-state index is 0.101. The molecule has 0 saturated heterocycles. The highest BCUT2D eigenvalue weighted by Crippen LogP contribution is 2.29. The first-order valence-electron chi connectivity index (χ1n) is 11.7. The van der Waals surface area contributed by atoms with Gasteiger partial charge in [-0.3, -0.25) is 9.13 Å². The fourth-order valence-electron chi connectivity index (χ4n) is 4.31. The van der Waals surface area contributed by atoms with Gasteiger partial charge in [-0.25, -0.2) is 9.89 Å². The van der Waals surface area contributed by atoms with Crippen molar-refractivity contribution in [1.29, 1.82) is 0 Å². The molecule has 1 N–H and O–H groups in total. The Hall–Kier alpha value is -3.48. The lowest BCUT2D eigenvalue weighted by atomic mass is 9.98. The summed E-state index contributed by atoms with van der Waals surface area (Å²) >= 11 is 0. The van der Waals surface area contributed by atoms with E-state index < -0.39 is 0 Å². The topological polar surface area (TPSA) is 81.4 Å². The zero-order valence-corrected chi connectivity index (χ0v) is 19.9. The lowest BCUT2D eigenvalue weighted by Gasteiger charge is -2.10. The van der Waals surface area contributed by atoms with E-state index >= 15 is 0 Å². The molecule has 33 heavy (non-hydrogen) atoms. The summed E-state index contributed by atoms with van der Waals surface area (Å²) in [6.45, 7) is 10.00. The van der Waals surface area contributed by atoms with Crippen LogP contribution in [0.4, 0.5) is 0 Å². The van der Waals surface area contributed by atoms with Gasteiger partial charge in [0.2, 0.25) is 0 Å². The largest absolute Gasteiger partial charge is 0.328 e. The van der Waals surface area contributed by atoms with Crippen LogP contribution in [0.15, 0.2) is 53.3 Å². The van der Waals surface area contributed by atoms with Gasteiger partial charge in [0, 0.05) is 23.5 Å². The second-order valence-electron chi connectivity index (χ2n) is 8.98. The van der Waals surface area contributed by atoms with Gasteiger partial charge in [-0.1, -0.05) is 75.7 Å². The van der Waals surface area contributed by atoms with Crippen molar-refractivity contribution in [2.45, 2.75) is 60.0 Å². The molecule has 4 rings (SSSR count). The van der Waals surface area contributed by atoms with Crippen molar-refractivity contribution >= 4 is 0 Å². The van der Waals surface area contributed by atoms with E-state index in [1.807, 2.05) is 27.3 Å². The first-order valence-corrected chi connectivity index (χ1v) is 11.7. The Balaban J connectivity index is 1.63. The predicted molar refractivity (Wildman–Crippen MR) is 131 cm³/mol. The number of tetrazole rings is 1. The molecule has 0 aliphatic carbocycles. The first-order chi connectivity index (χ1) is 16.0. The van der Waals surface area contributed by atoms with Gasteiger partial charge < -0.3 is 0 Å². The average Bonchev–Trinajstić information content (AvgIpc) is 3.42. The van der Waals surface area contributed by atoms with Gasteiger partial charge in [-0.15, -0.1) is 5.10 Å². The second-order valence-corrected chi connectivity index (χ2v) is 8.98. The summed E-state index contributed by atoms with van der Waals surface area (Å²) in [6.07, 6.45) is 2.93. The highest BCUT2D eigenvalue weighted by atomic mass is 16.1. The van der Waals surface area contributed by atoms with Crippen molar-refractivity contribution in [1.82, 2.24) is 29.8 Å². The first kappa shape index (κ1) is 22.7. The zero-order chi connectivity index (χ0) is 23.4. The summed E-state index contributed by atoms with van der Waals surface area (Å²) in [7, 11) is 0. The molecule has 0 amide bonds. The number of hydrogen-bond acceptors (Lipinski definition) is 4. The van der Waals surface area contributed by atoms with Crippen LogP contribution in [0.5, 0.6) is 0 Å². The summed E-state index contributed by atoms with van der Waals surface area (Å²) in [5.41, 5.74) is 6.56. The Morgan fingerprint density at radius 2 is 1.73 bits per heavy atom. The second kappa shape index (κ2) is 9.98. The van der Waals surface area contributed by atoms with E-state index in [1.54, 1.807) is 0 Å². The van der Waals surface area contributed by atoms with E-state index in [2.05, 4.69) is 78.7 Å².